The summed E-state index contributed by atoms with van der Waals surface area (Å²) in [5.74, 6) is 0. The zero-order chi connectivity index (χ0) is 101. The second-order valence-electron chi connectivity index (χ2n) is 40.1. The van der Waals surface area contributed by atoms with Crippen LogP contribution in [0.3, 0.4) is 0 Å². The van der Waals surface area contributed by atoms with Crippen molar-refractivity contribution in [3.05, 3.63) is 421 Å². The number of hydrogen-bond acceptors (Lipinski definition) is 6. The van der Waals surface area contributed by atoms with Gasteiger partial charge in [-0.1, -0.05) is 200 Å². The molecule has 0 aliphatic carbocycles. The minimum atomic E-state index is 0.722. The Bertz CT molecular complexity index is 10900. The zero-order valence-corrected chi connectivity index (χ0v) is 95.3. The third kappa shape index (κ3) is 14.4. The number of aryl methyl sites for hydroxylation is 10. The van der Waals surface area contributed by atoms with Gasteiger partial charge >= 0.3 is 0 Å². The maximum atomic E-state index is 6.70. The Morgan fingerprint density at radius 3 is 0.640 bits per heavy atom. The van der Waals surface area contributed by atoms with Gasteiger partial charge in [0.1, 0.15) is 0 Å². The van der Waals surface area contributed by atoms with Crippen molar-refractivity contribution in [3.8, 4) is 56.9 Å². The van der Waals surface area contributed by atoms with Gasteiger partial charge in [-0.15, -0.1) is 68.0 Å². The number of benzene rings is 15. The Hall–Kier alpha value is -13.5. The SMILES string of the molecule is Cc1ccc(-n2c3cc(Br)sc3c3c2c2cc4c(cc2n3-c2ccc(C)cc2)c2c(c3sc(Br)cc3n2-c2ccc(C)cc2)n4-c2ccc(C)cc2)cc1.Cc1ccc(-n2c3cc(Br)sc3c3sc4cc5c(cc4c32)n(-c2ccc(C)cc2)c2c3sc(Br)cc3n(-c3ccc(C)cc3)c52)cc1.Cc1ccc(-n2c3cc(Cl)ccc3c3sc4cc5c(cc4c32)n(-c2ccc(C)cc2)c2c3ccc(Cl)cc3n(-c3ccc(C)cc3)c52)cc1. The minimum absolute atomic E-state index is 0.722. The van der Waals surface area contributed by atoms with E-state index in [4.69, 9.17) is 23.2 Å². The standard InChI is InChI=1S/C46H32Br2N4S2.C43H29Cl2N3S.C39H25Br2N3S3/c1-25-5-13-29(14-6-25)49-35-21-34-36(22-33(35)41-43(49)45-37(23-39(47)53-45)51(41)31-17-9-27(3)10-18-31)50(30-15-7-26(2)8-16-30)44-42(34)52(32-19-11-28(4)12-20-32)38-24-40(48)54-46(38)44;1-24-4-12-29(13-5-24)46-36-20-27(44)10-18-32(36)40-41(46)34-23-39-35(22-38(34)47(40)30-14-6-25(2)7-15-30)42-43(49-39)33-19-11-28(45)21-37(33)48(42)31-16-8-26(3)9-17-31;1-20-4-10-23(11-5-20)42-28-16-27-31(45-39-35(27)44(25-14-8-22(3)9-15-25)30-19-33(41)47-38(30)39)17-26(28)34-36(42)37-29(18-32(40)46-37)43(34)24-12-6-21(2)7-13-24/h5-24H,1-4H3;4-23H,1-3H3;4-19H,1-3H3. The third-order valence-corrected chi connectivity index (χ3v) is 39.6. The average molecular weight is 2350 g/mol. The van der Waals surface area contributed by atoms with Crippen molar-refractivity contribution in [1.82, 2.24) is 45.7 Å². The van der Waals surface area contributed by atoms with E-state index in [9.17, 15) is 0 Å². The molecule has 0 amide bonds. The van der Waals surface area contributed by atoms with Crippen LogP contribution in [0.1, 0.15) is 55.6 Å². The van der Waals surface area contributed by atoms with Crippen molar-refractivity contribution in [3.63, 3.8) is 0 Å². The van der Waals surface area contributed by atoms with E-state index in [-0.39, 0.29) is 0 Å². The number of fused-ring (bicyclic) bond motifs is 30. The molecule has 0 unspecified atom stereocenters. The molecule has 0 fully saturated rings. The molecule has 0 saturated carbocycles. The number of aromatic nitrogens is 10. The molecule has 0 saturated heterocycles. The van der Waals surface area contributed by atoms with Gasteiger partial charge in [-0.3, -0.25) is 0 Å². The molecular formula is C128H86Br4Cl2N10S6. The van der Waals surface area contributed by atoms with E-state index in [0.717, 1.165) is 86.9 Å². The molecule has 726 valence electrons. The molecule has 0 radical (unpaired) electrons. The maximum Gasteiger partial charge on any atom is 0.0905 e. The fourth-order valence-electron chi connectivity index (χ4n) is 23.1. The van der Waals surface area contributed by atoms with Crippen LogP contribution >= 0.6 is 155 Å². The summed E-state index contributed by atoms with van der Waals surface area (Å²) in [5, 5.41) is 11.2. The molecule has 150 heavy (non-hydrogen) atoms. The monoisotopic (exact) mass is 2340 g/mol. The van der Waals surface area contributed by atoms with Crippen molar-refractivity contribution in [2.45, 2.75) is 69.2 Å². The second-order valence-corrected chi connectivity index (χ2v) is 52.8. The summed E-state index contributed by atoms with van der Waals surface area (Å²) in [6.45, 7) is 21.5. The highest BCUT2D eigenvalue weighted by molar-refractivity contribution is 9.11. The lowest BCUT2D eigenvalue weighted by molar-refractivity contribution is 1.17. The molecule has 16 heterocycles. The molecule has 31 rings (SSSR count). The molecule has 0 aliphatic heterocycles. The average Bonchev–Trinajstić information content (AvgIpc) is 1.52. The maximum absolute atomic E-state index is 6.70. The van der Waals surface area contributed by atoms with Gasteiger partial charge in [0, 0.05) is 119 Å². The molecule has 0 bridgehead atoms. The van der Waals surface area contributed by atoms with Gasteiger partial charge in [0.15, 0.2) is 0 Å². The van der Waals surface area contributed by atoms with Gasteiger partial charge in [-0.05, 0) is 351 Å². The molecule has 22 heteroatoms. The molecule has 0 aliphatic rings. The number of rotatable bonds is 10. The predicted molar refractivity (Wildman–Crippen MR) is 663 cm³/mol. The quantitative estimate of drug-likeness (QED) is 0.131. The molecule has 0 spiro atoms. The molecule has 0 atom stereocenters. The summed E-state index contributed by atoms with van der Waals surface area (Å²) in [4.78, 5) is 0. The lowest BCUT2D eigenvalue weighted by Gasteiger charge is -2.11. The van der Waals surface area contributed by atoms with Gasteiger partial charge in [-0.2, -0.15) is 0 Å². The number of thiophene rings is 6. The molecule has 16 aromatic heterocycles. The zero-order valence-electron chi connectivity index (χ0n) is 82.5. The Balaban J connectivity index is 0.000000106. The van der Waals surface area contributed by atoms with E-state index in [1.54, 1.807) is 22.7 Å². The van der Waals surface area contributed by atoms with Crippen LogP contribution in [-0.4, -0.2) is 45.7 Å². The normalized spacial score (nSPS) is 12.3. The summed E-state index contributed by atoms with van der Waals surface area (Å²) >= 11 is 39.8. The molecule has 31 aromatic rings. The summed E-state index contributed by atoms with van der Waals surface area (Å²) in [6.07, 6.45) is 0. The van der Waals surface area contributed by atoms with Gasteiger partial charge < -0.3 is 45.7 Å². The van der Waals surface area contributed by atoms with Crippen molar-refractivity contribution in [2.24, 2.45) is 0 Å². The Morgan fingerprint density at radius 2 is 0.347 bits per heavy atom. The van der Waals surface area contributed by atoms with Crippen LogP contribution in [0.2, 0.25) is 10.0 Å². The summed E-state index contributed by atoms with van der Waals surface area (Å²) in [6, 6.07) is 125. The molecule has 0 N–H and O–H groups in total. The first-order valence-corrected chi connectivity index (χ1v) is 58.6. The summed E-state index contributed by atoms with van der Waals surface area (Å²) in [7, 11) is 0. The predicted octanol–water partition coefficient (Wildman–Crippen LogP) is 41.5. The van der Waals surface area contributed by atoms with Crippen LogP contribution in [-0.2, 0) is 0 Å². The van der Waals surface area contributed by atoms with Crippen LogP contribution in [0.25, 0.3) is 248 Å². The summed E-state index contributed by atoms with van der Waals surface area (Å²) in [5.41, 5.74) is 48.1. The Morgan fingerprint density at radius 1 is 0.153 bits per heavy atom. The van der Waals surface area contributed by atoms with Gasteiger partial charge in [0.05, 0.1) is 154 Å². The van der Waals surface area contributed by atoms with Gasteiger partial charge in [-0.25, -0.2) is 0 Å². The Labute approximate surface area is 928 Å². The lowest BCUT2D eigenvalue weighted by atomic mass is 10.1. The molecule has 15 aromatic carbocycles. The minimum Gasteiger partial charge on any atom is -0.308 e. The van der Waals surface area contributed by atoms with Crippen molar-refractivity contribution in [2.75, 3.05) is 0 Å². The smallest absolute Gasteiger partial charge is 0.0905 e. The van der Waals surface area contributed by atoms with Crippen molar-refractivity contribution in [1.29, 1.82) is 0 Å². The van der Waals surface area contributed by atoms with Crippen LogP contribution in [0.4, 0.5) is 0 Å². The summed E-state index contributed by atoms with van der Waals surface area (Å²) < 4.78 is 39.5. The topological polar surface area (TPSA) is 49.3 Å². The van der Waals surface area contributed by atoms with E-state index in [0.29, 0.717) is 0 Å². The van der Waals surface area contributed by atoms with Crippen LogP contribution in [0, 0.1) is 69.2 Å². The van der Waals surface area contributed by atoms with Gasteiger partial charge in [0.2, 0.25) is 0 Å². The lowest BCUT2D eigenvalue weighted by Crippen LogP contribution is -1.95. The van der Waals surface area contributed by atoms with Crippen LogP contribution < -0.4 is 0 Å². The van der Waals surface area contributed by atoms with E-state index in [1.807, 2.05) is 57.5 Å². The van der Waals surface area contributed by atoms with E-state index < -0.39 is 0 Å². The van der Waals surface area contributed by atoms with Crippen LogP contribution in [0.5, 0.6) is 0 Å². The van der Waals surface area contributed by atoms with Gasteiger partial charge in [0.25, 0.3) is 0 Å². The first-order chi connectivity index (χ1) is 72.9. The van der Waals surface area contributed by atoms with E-state index in [1.165, 1.54) is 242 Å². The molecule has 10 nitrogen and oxygen atoms in total. The number of nitrogens with zero attached hydrogens (tertiary/aromatic N) is 10. The largest absolute Gasteiger partial charge is 0.308 e. The van der Waals surface area contributed by atoms with Crippen molar-refractivity contribution < 1.29 is 0 Å². The third-order valence-electron chi connectivity index (χ3n) is 30.2. The fourth-order valence-corrected chi connectivity index (χ4v) is 32.5. The fraction of sp³-hybridized carbons (Fsp3) is 0.0781. The molecular weight excluding hydrogens is 2260 g/mol. The van der Waals surface area contributed by atoms with E-state index >= 15 is 0 Å². The van der Waals surface area contributed by atoms with E-state index in [2.05, 4.69) is 506 Å². The Kier molecular flexibility index (Phi) is 21.6. The van der Waals surface area contributed by atoms with Crippen molar-refractivity contribution >= 4 is 346 Å². The second kappa shape index (κ2) is 35.0. The highest BCUT2D eigenvalue weighted by atomic mass is 79.9. The first-order valence-electron chi connectivity index (χ1n) is 49.8. The highest BCUT2D eigenvalue weighted by Crippen LogP contribution is 2.56. The first kappa shape index (κ1) is 92.6. The number of hydrogen-bond donors (Lipinski definition) is 0. The number of halogens is 6. The highest BCUT2D eigenvalue weighted by Gasteiger charge is 2.34. The van der Waals surface area contributed by atoms with Crippen LogP contribution in [0.15, 0.2) is 355 Å².